The van der Waals surface area contributed by atoms with Gasteiger partial charge in [0.05, 0.1) is 6.21 Å². The quantitative estimate of drug-likeness (QED) is 0.706. The zero-order chi connectivity index (χ0) is 11.1. The summed E-state index contributed by atoms with van der Waals surface area (Å²) in [6.07, 6.45) is 5.44. The lowest BCUT2D eigenvalue weighted by molar-refractivity contribution is -0.134. The zero-order valence-electron chi connectivity index (χ0n) is 8.25. The van der Waals surface area contributed by atoms with E-state index in [1.54, 1.807) is 6.21 Å². The molecule has 1 aromatic rings. The molecule has 0 aromatic heterocycles. The predicted molar refractivity (Wildman–Crippen MR) is 57.9 cm³/mol. The Morgan fingerprint density at radius 1 is 1.40 bits per heavy atom. The fourth-order valence-corrected chi connectivity index (χ4v) is 0.970. The maximum Gasteiger partial charge on any atom is 0.300 e. The van der Waals surface area contributed by atoms with Gasteiger partial charge in [0.1, 0.15) is 0 Å². The van der Waals surface area contributed by atoms with Crippen molar-refractivity contribution in [1.29, 1.82) is 0 Å². The van der Waals surface area contributed by atoms with Gasteiger partial charge in [0, 0.05) is 12.5 Å². The summed E-state index contributed by atoms with van der Waals surface area (Å²) in [5.74, 6) is -0.0301. The highest BCUT2D eigenvalue weighted by Crippen LogP contribution is 2.20. The Labute approximate surface area is 87.5 Å². The van der Waals surface area contributed by atoms with Gasteiger partial charge in [0.2, 0.25) is 0 Å². The monoisotopic (exact) mass is 205 g/mol. The lowest BCUT2D eigenvalue weighted by Crippen LogP contribution is -1.82. The molecule has 1 aromatic carbocycles. The van der Waals surface area contributed by atoms with Gasteiger partial charge >= 0.3 is 0 Å². The number of carboxylic acids is 1. The van der Waals surface area contributed by atoms with Crippen molar-refractivity contribution in [3.8, 4) is 5.75 Å². The molecule has 0 atom stereocenters. The number of carboxylic acid groups (broad SMARTS) is 1. The second-order valence-corrected chi connectivity index (χ2v) is 2.76. The average molecular weight is 205 g/mol. The number of oxime groups is 1. The van der Waals surface area contributed by atoms with Crippen LogP contribution in [0.15, 0.2) is 35.5 Å². The molecule has 78 valence electrons. The molecule has 0 amide bonds. The molecule has 4 heteroatoms. The molecule has 4 nitrogen and oxygen atoms in total. The van der Waals surface area contributed by atoms with Crippen molar-refractivity contribution in [3.05, 3.63) is 35.9 Å². The highest BCUT2D eigenvalue weighted by molar-refractivity contribution is 5.80. The first-order valence-corrected chi connectivity index (χ1v) is 4.36. The molecule has 15 heavy (non-hydrogen) atoms. The van der Waals surface area contributed by atoms with E-state index in [0.29, 0.717) is 0 Å². The number of fused-ring (bicyclic) bond motifs is 1. The van der Waals surface area contributed by atoms with Crippen molar-refractivity contribution >= 4 is 18.3 Å². The van der Waals surface area contributed by atoms with Crippen LogP contribution in [0.1, 0.15) is 12.5 Å². The topological polar surface area (TPSA) is 58.9 Å². The fraction of sp³-hybridized carbons (Fsp3) is 0.0909. The van der Waals surface area contributed by atoms with Gasteiger partial charge in [-0.2, -0.15) is 0 Å². The molecular formula is C11H11NO3. The minimum Gasteiger partial charge on any atom is -0.481 e. The third kappa shape index (κ3) is 4.08. The Kier molecular flexibility index (Phi) is 4.09. The molecule has 0 fully saturated rings. The van der Waals surface area contributed by atoms with Gasteiger partial charge in [-0.25, -0.2) is 0 Å². The van der Waals surface area contributed by atoms with E-state index < -0.39 is 5.97 Å². The van der Waals surface area contributed by atoms with E-state index in [9.17, 15) is 0 Å². The first kappa shape index (κ1) is 11.0. The summed E-state index contributed by atoms with van der Waals surface area (Å²) in [7, 11) is 0. The van der Waals surface area contributed by atoms with Crippen LogP contribution in [-0.2, 0) is 4.79 Å². The van der Waals surface area contributed by atoms with E-state index in [0.717, 1.165) is 18.2 Å². The van der Waals surface area contributed by atoms with Crippen LogP contribution < -0.4 is 4.84 Å². The van der Waals surface area contributed by atoms with E-state index in [2.05, 4.69) is 5.16 Å². The molecule has 1 aliphatic heterocycles. The number of hydrogen-bond donors (Lipinski definition) is 1. The van der Waals surface area contributed by atoms with Gasteiger partial charge in [0.15, 0.2) is 5.75 Å². The Hall–Kier alpha value is -2.10. The van der Waals surface area contributed by atoms with Crippen molar-refractivity contribution in [2.24, 2.45) is 5.16 Å². The molecule has 1 aliphatic rings. The maximum atomic E-state index is 9.00. The van der Waals surface area contributed by atoms with E-state index in [4.69, 9.17) is 14.7 Å². The Bertz CT molecular complexity index is 393. The molecule has 1 N–H and O–H groups in total. The smallest absolute Gasteiger partial charge is 0.300 e. The molecule has 0 aliphatic carbocycles. The molecule has 0 saturated carbocycles. The molecular weight excluding hydrogens is 194 g/mol. The molecule has 1 heterocycles. The third-order valence-corrected chi connectivity index (χ3v) is 1.49. The van der Waals surface area contributed by atoms with Crippen molar-refractivity contribution in [3.63, 3.8) is 0 Å². The number of rotatable bonds is 0. The number of nitrogens with zero attached hydrogens (tertiary/aromatic N) is 1. The first-order valence-electron chi connectivity index (χ1n) is 4.36. The van der Waals surface area contributed by atoms with Crippen molar-refractivity contribution in [1.82, 2.24) is 0 Å². The third-order valence-electron chi connectivity index (χ3n) is 1.49. The summed E-state index contributed by atoms with van der Waals surface area (Å²) in [6, 6.07) is 7.77. The van der Waals surface area contributed by atoms with Gasteiger partial charge in [-0.3, -0.25) is 4.79 Å². The van der Waals surface area contributed by atoms with Crippen LogP contribution in [0.2, 0.25) is 0 Å². The summed E-state index contributed by atoms with van der Waals surface area (Å²) in [4.78, 5) is 14.1. The maximum absolute atomic E-state index is 9.00. The first-order chi connectivity index (χ1) is 7.20. The van der Waals surface area contributed by atoms with Crippen LogP contribution in [-0.4, -0.2) is 17.3 Å². The normalized spacial score (nSPS) is 11.5. The van der Waals surface area contributed by atoms with Crippen LogP contribution in [0.5, 0.6) is 5.75 Å². The van der Waals surface area contributed by atoms with Gasteiger partial charge in [0.25, 0.3) is 5.97 Å². The summed E-state index contributed by atoms with van der Waals surface area (Å²) >= 11 is 0. The second-order valence-electron chi connectivity index (χ2n) is 2.76. The molecule has 0 spiro atoms. The van der Waals surface area contributed by atoms with Gasteiger partial charge < -0.3 is 9.94 Å². The standard InChI is InChI=1S/C9H7NO.C2H4O2/c1-2-6-9-8(4-1)5-3-7-10-11-9;1-2(3)4/h1-7H;1H3,(H,3,4). The van der Waals surface area contributed by atoms with Crippen molar-refractivity contribution < 1.29 is 14.7 Å². The minimum absolute atomic E-state index is 0.803. The Balaban J connectivity index is 0.000000245. The molecule has 0 radical (unpaired) electrons. The lowest BCUT2D eigenvalue weighted by Gasteiger charge is -1.98. The summed E-state index contributed by atoms with van der Waals surface area (Å²) in [5.41, 5.74) is 1.06. The van der Waals surface area contributed by atoms with E-state index in [-0.39, 0.29) is 0 Å². The van der Waals surface area contributed by atoms with Gasteiger partial charge in [-0.15, -0.1) is 0 Å². The van der Waals surface area contributed by atoms with Crippen molar-refractivity contribution in [2.45, 2.75) is 6.92 Å². The number of carbonyl (C=O) groups is 1. The molecule has 2 rings (SSSR count). The van der Waals surface area contributed by atoms with Gasteiger partial charge in [-0.05, 0) is 18.2 Å². The van der Waals surface area contributed by atoms with Crippen LogP contribution in [0.4, 0.5) is 0 Å². The van der Waals surface area contributed by atoms with Crippen LogP contribution in [0.3, 0.4) is 0 Å². The number of aliphatic carboxylic acids is 1. The zero-order valence-corrected chi connectivity index (χ0v) is 8.25. The highest BCUT2D eigenvalue weighted by atomic mass is 16.6. The lowest BCUT2D eigenvalue weighted by atomic mass is 10.2. The van der Waals surface area contributed by atoms with Crippen molar-refractivity contribution in [2.75, 3.05) is 0 Å². The average Bonchev–Trinajstić information content (AvgIpc) is 2.41. The second kappa shape index (κ2) is 5.59. The predicted octanol–water partition coefficient (Wildman–Crippen LogP) is 2.17. The van der Waals surface area contributed by atoms with E-state index in [1.165, 1.54) is 0 Å². The minimum atomic E-state index is -0.833. The summed E-state index contributed by atoms with van der Waals surface area (Å²) in [6.45, 7) is 1.08. The van der Waals surface area contributed by atoms with Crippen LogP contribution >= 0.6 is 0 Å². The van der Waals surface area contributed by atoms with Crippen LogP contribution in [0.25, 0.3) is 6.08 Å². The fourth-order valence-electron chi connectivity index (χ4n) is 0.970. The molecule has 0 bridgehead atoms. The SMILES string of the molecule is C1=Cc2ccccc2ON=C1.CC(=O)O. The summed E-state index contributed by atoms with van der Waals surface area (Å²) < 4.78 is 0. The highest BCUT2D eigenvalue weighted by Gasteiger charge is 1.99. The van der Waals surface area contributed by atoms with E-state index >= 15 is 0 Å². The number of allylic oxidation sites excluding steroid dienone is 1. The van der Waals surface area contributed by atoms with E-state index in [1.807, 2.05) is 36.4 Å². The number of hydrogen-bond acceptors (Lipinski definition) is 3. The number of para-hydroxylation sites is 1. The van der Waals surface area contributed by atoms with Gasteiger partial charge in [-0.1, -0.05) is 23.4 Å². The Morgan fingerprint density at radius 2 is 2.07 bits per heavy atom. The number of benzene rings is 1. The summed E-state index contributed by atoms with van der Waals surface area (Å²) in [5, 5.41) is 11.1. The van der Waals surface area contributed by atoms with Crippen LogP contribution in [0, 0.1) is 0 Å². The molecule has 0 saturated heterocycles. The Morgan fingerprint density at radius 3 is 2.80 bits per heavy atom. The largest absolute Gasteiger partial charge is 0.481 e. The molecule has 0 unspecified atom stereocenters.